The molecule has 1 rings (SSSR count). The highest BCUT2D eigenvalue weighted by Gasteiger charge is 2.32. The maximum atomic E-state index is 5.74. The van der Waals surface area contributed by atoms with Crippen LogP contribution in [0.4, 0.5) is 0 Å². The van der Waals surface area contributed by atoms with Crippen LogP contribution in [0, 0.1) is 0 Å². The molecule has 0 unspecified atom stereocenters. The van der Waals surface area contributed by atoms with Crippen LogP contribution >= 0.6 is 24.8 Å². The Kier molecular flexibility index (Phi) is 8.38. The molecule has 0 saturated carbocycles. The summed E-state index contributed by atoms with van der Waals surface area (Å²) in [5, 5.41) is 0. The van der Waals surface area contributed by atoms with Gasteiger partial charge in [0.25, 0.3) is 0 Å². The van der Waals surface area contributed by atoms with Crippen LogP contribution in [-0.4, -0.2) is 44.3 Å². The van der Waals surface area contributed by atoms with Crippen LogP contribution < -0.4 is 5.73 Å². The van der Waals surface area contributed by atoms with Crippen LogP contribution in [0.2, 0.25) is 0 Å². The second-order valence-electron chi connectivity index (χ2n) is 3.44. The summed E-state index contributed by atoms with van der Waals surface area (Å²) in [4.78, 5) is 2.23. The molecule has 1 fully saturated rings. The Morgan fingerprint density at radius 1 is 1.23 bits per heavy atom. The van der Waals surface area contributed by atoms with Crippen molar-refractivity contribution in [1.82, 2.24) is 4.90 Å². The highest BCUT2D eigenvalue weighted by Crippen LogP contribution is 2.23. The van der Waals surface area contributed by atoms with E-state index in [9.17, 15) is 0 Å². The fourth-order valence-electron chi connectivity index (χ4n) is 1.59. The smallest absolute Gasteiger partial charge is 0.0484 e. The molecule has 0 aliphatic carbocycles. The first-order chi connectivity index (χ1) is 5.21. The number of nitrogens with two attached hydrogens (primary N) is 1. The molecule has 0 amide bonds. The van der Waals surface area contributed by atoms with Crippen molar-refractivity contribution < 1.29 is 4.74 Å². The molecule has 1 aliphatic rings. The summed E-state index contributed by atoms with van der Waals surface area (Å²) in [6.07, 6.45) is 2.13. The molecule has 2 N–H and O–H groups in total. The van der Waals surface area contributed by atoms with Gasteiger partial charge < -0.3 is 15.4 Å². The van der Waals surface area contributed by atoms with Gasteiger partial charge in [-0.1, -0.05) is 0 Å². The van der Waals surface area contributed by atoms with Crippen molar-refractivity contribution >= 4 is 24.8 Å². The number of nitrogens with zero attached hydrogens (tertiary/aromatic N) is 1. The van der Waals surface area contributed by atoms with Crippen LogP contribution in [0.3, 0.4) is 0 Å². The lowest BCUT2D eigenvalue weighted by molar-refractivity contribution is -0.00275. The summed E-state index contributed by atoms with van der Waals surface area (Å²) >= 11 is 0. The van der Waals surface area contributed by atoms with E-state index in [1.807, 2.05) is 0 Å². The van der Waals surface area contributed by atoms with Gasteiger partial charge in [-0.3, -0.25) is 0 Å². The van der Waals surface area contributed by atoms with E-state index in [0.717, 1.165) is 32.6 Å². The number of likely N-dealkylation sites (N-methyl/N-ethyl adjacent to an activating group) is 1. The van der Waals surface area contributed by atoms with Gasteiger partial charge in [0.2, 0.25) is 0 Å². The average molecular weight is 231 g/mol. The Morgan fingerprint density at radius 2 is 1.69 bits per heavy atom. The van der Waals surface area contributed by atoms with Gasteiger partial charge in [0.15, 0.2) is 0 Å². The molecular formula is C8H20Cl2N2O. The Hall–Kier alpha value is 0.460. The third-order valence-corrected chi connectivity index (χ3v) is 2.75. The largest absolute Gasteiger partial charge is 0.381 e. The fraction of sp³-hybridized carbons (Fsp3) is 1.00. The number of hydrogen-bond acceptors (Lipinski definition) is 3. The van der Waals surface area contributed by atoms with Gasteiger partial charge in [-0.25, -0.2) is 0 Å². The molecule has 1 saturated heterocycles. The van der Waals surface area contributed by atoms with Gasteiger partial charge >= 0.3 is 0 Å². The quantitative estimate of drug-likeness (QED) is 0.767. The summed E-state index contributed by atoms with van der Waals surface area (Å²) < 4.78 is 5.29. The lowest BCUT2D eigenvalue weighted by atomic mass is 9.89. The normalized spacial score (nSPS) is 20.3. The van der Waals surface area contributed by atoms with Gasteiger partial charge in [-0.05, 0) is 26.9 Å². The Bertz CT molecular complexity index is 127. The van der Waals surface area contributed by atoms with E-state index in [1.54, 1.807) is 0 Å². The molecule has 1 heterocycles. The zero-order valence-corrected chi connectivity index (χ0v) is 9.92. The Balaban J connectivity index is 0. The van der Waals surface area contributed by atoms with Gasteiger partial charge in [-0.2, -0.15) is 0 Å². The maximum Gasteiger partial charge on any atom is 0.0484 e. The van der Waals surface area contributed by atoms with E-state index in [4.69, 9.17) is 10.5 Å². The predicted octanol–water partition coefficient (Wildman–Crippen LogP) is 0.899. The van der Waals surface area contributed by atoms with Crippen molar-refractivity contribution in [2.45, 2.75) is 18.4 Å². The molecule has 0 atom stereocenters. The third-order valence-electron chi connectivity index (χ3n) is 2.75. The Morgan fingerprint density at radius 3 is 1.92 bits per heavy atom. The van der Waals surface area contributed by atoms with Crippen LogP contribution in [0.1, 0.15) is 12.8 Å². The zero-order valence-electron chi connectivity index (χ0n) is 8.28. The second kappa shape index (κ2) is 6.85. The van der Waals surface area contributed by atoms with Crippen molar-refractivity contribution in [1.29, 1.82) is 0 Å². The summed E-state index contributed by atoms with van der Waals surface area (Å²) in [6, 6.07) is 0. The number of rotatable bonds is 2. The number of hydrogen-bond donors (Lipinski definition) is 1. The molecule has 0 aromatic heterocycles. The summed E-state index contributed by atoms with van der Waals surface area (Å²) in [6.45, 7) is 2.45. The van der Waals surface area contributed by atoms with Crippen molar-refractivity contribution in [3.05, 3.63) is 0 Å². The molecule has 0 bridgehead atoms. The van der Waals surface area contributed by atoms with Gasteiger partial charge in [0.1, 0.15) is 0 Å². The first-order valence-electron chi connectivity index (χ1n) is 4.16. The maximum absolute atomic E-state index is 5.74. The minimum Gasteiger partial charge on any atom is -0.381 e. The standard InChI is InChI=1S/C8H18N2O.2ClH/c1-10(2)8(7-9)3-5-11-6-4-8;;/h3-7,9H2,1-2H3;2*1H. The first-order valence-corrected chi connectivity index (χ1v) is 4.16. The first kappa shape index (κ1) is 15.9. The highest BCUT2D eigenvalue weighted by molar-refractivity contribution is 5.85. The molecule has 0 radical (unpaired) electrons. The van der Waals surface area contributed by atoms with Gasteiger partial charge in [0.05, 0.1) is 0 Å². The summed E-state index contributed by atoms with van der Waals surface area (Å²) in [5.74, 6) is 0. The molecule has 0 aromatic rings. The third kappa shape index (κ3) is 3.60. The molecule has 0 spiro atoms. The van der Waals surface area contributed by atoms with Crippen LogP contribution in [-0.2, 0) is 4.74 Å². The van der Waals surface area contributed by atoms with Crippen LogP contribution in [0.5, 0.6) is 0 Å². The zero-order chi connectivity index (χ0) is 8.32. The average Bonchev–Trinajstić information content (AvgIpc) is 2.05. The predicted molar refractivity (Wildman–Crippen MR) is 60.0 cm³/mol. The van der Waals surface area contributed by atoms with Crippen molar-refractivity contribution in [3.63, 3.8) is 0 Å². The molecular weight excluding hydrogens is 211 g/mol. The van der Waals surface area contributed by atoms with Gasteiger partial charge in [-0.15, -0.1) is 24.8 Å². The topological polar surface area (TPSA) is 38.5 Å². The SMILES string of the molecule is CN(C)C1(CN)CCOCC1.Cl.Cl. The van der Waals surface area contributed by atoms with Crippen molar-refractivity contribution in [2.24, 2.45) is 5.73 Å². The molecule has 0 aromatic carbocycles. The molecule has 82 valence electrons. The Labute approximate surface area is 92.8 Å². The molecule has 5 heteroatoms. The lowest BCUT2D eigenvalue weighted by Crippen LogP contribution is -2.53. The summed E-state index contributed by atoms with van der Waals surface area (Å²) in [7, 11) is 4.19. The molecule has 3 nitrogen and oxygen atoms in total. The molecule has 1 aliphatic heterocycles. The highest BCUT2D eigenvalue weighted by atomic mass is 35.5. The van der Waals surface area contributed by atoms with Crippen LogP contribution in [0.25, 0.3) is 0 Å². The van der Waals surface area contributed by atoms with E-state index < -0.39 is 0 Å². The van der Waals surface area contributed by atoms with E-state index >= 15 is 0 Å². The lowest BCUT2D eigenvalue weighted by Gasteiger charge is -2.41. The second-order valence-corrected chi connectivity index (χ2v) is 3.44. The summed E-state index contributed by atoms with van der Waals surface area (Å²) in [5.41, 5.74) is 5.95. The fourth-order valence-corrected chi connectivity index (χ4v) is 1.59. The number of ether oxygens (including phenoxy) is 1. The van der Waals surface area contributed by atoms with E-state index in [0.29, 0.717) is 0 Å². The minimum atomic E-state index is 0. The monoisotopic (exact) mass is 230 g/mol. The van der Waals surface area contributed by atoms with Gasteiger partial charge in [0, 0.05) is 25.3 Å². The van der Waals surface area contributed by atoms with E-state index in [-0.39, 0.29) is 30.4 Å². The number of halogens is 2. The van der Waals surface area contributed by atoms with Crippen LogP contribution in [0.15, 0.2) is 0 Å². The van der Waals surface area contributed by atoms with E-state index in [1.165, 1.54) is 0 Å². The van der Waals surface area contributed by atoms with Crippen molar-refractivity contribution in [3.8, 4) is 0 Å². The minimum absolute atomic E-state index is 0. The molecule has 13 heavy (non-hydrogen) atoms. The van der Waals surface area contributed by atoms with Crippen molar-refractivity contribution in [2.75, 3.05) is 33.9 Å². The van der Waals surface area contributed by atoms with E-state index in [2.05, 4.69) is 19.0 Å².